The number of nitrogens with zero attached hydrogens (tertiary/aromatic N) is 1. The Labute approximate surface area is 71.8 Å². The van der Waals surface area contributed by atoms with Crippen LogP contribution in [-0.2, 0) is 11.4 Å². The van der Waals surface area contributed by atoms with E-state index >= 15 is 0 Å². The Morgan fingerprint density at radius 1 is 1.42 bits per heavy atom. The van der Waals surface area contributed by atoms with E-state index in [2.05, 4.69) is 5.16 Å². The molecular formula is C9H12N2O. The average molecular weight is 164 g/mol. The Balaban J connectivity index is 2.39. The van der Waals surface area contributed by atoms with Gasteiger partial charge in [0.25, 0.3) is 0 Å². The van der Waals surface area contributed by atoms with Crippen molar-refractivity contribution in [3.63, 3.8) is 0 Å². The molecule has 0 atom stereocenters. The molecule has 0 amide bonds. The zero-order chi connectivity index (χ0) is 8.81. The second-order valence-electron chi connectivity index (χ2n) is 2.49. The maximum absolute atomic E-state index is 5.28. The minimum atomic E-state index is 0.436. The molecule has 3 nitrogen and oxygen atoms in total. The zero-order valence-corrected chi connectivity index (χ0v) is 7.03. The number of nitrogens with two attached hydrogens (primary N) is 1. The second kappa shape index (κ2) is 4.38. The Bertz CT molecular complexity index is 252. The highest BCUT2D eigenvalue weighted by Gasteiger charge is 1.88. The van der Waals surface area contributed by atoms with Gasteiger partial charge in [0.1, 0.15) is 12.4 Å². The van der Waals surface area contributed by atoms with Gasteiger partial charge in [-0.25, -0.2) is 0 Å². The lowest BCUT2D eigenvalue weighted by Gasteiger charge is -1.98. The fourth-order valence-corrected chi connectivity index (χ4v) is 0.783. The maximum atomic E-state index is 5.28. The molecule has 0 saturated carbocycles. The van der Waals surface area contributed by atoms with Crippen LogP contribution >= 0.6 is 0 Å². The van der Waals surface area contributed by atoms with Gasteiger partial charge in [0.05, 0.1) is 0 Å². The molecule has 0 bridgehead atoms. The van der Waals surface area contributed by atoms with E-state index in [1.807, 2.05) is 30.3 Å². The number of oxime groups is 1. The molecule has 0 radical (unpaired) electrons. The lowest BCUT2D eigenvalue weighted by atomic mass is 10.2. The molecule has 0 spiro atoms. The largest absolute Gasteiger partial charge is 0.390 e. The minimum Gasteiger partial charge on any atom is -0.390 e. The monoisotopic (exact) mass is 164 g/mol. The summed E-state index contributed by atoms with van der Waals surface area (Å²) in [5.74, 6) is 0.436. The third-order valence-electron chi connectivity index (χ3n) is 1.28. The van der Waals surface area contributed by atoms with Gasteiger partial charge in [-0.15, -0.1) is 0 Å². The third kappa shape index (κ3) is 3.05. The first-order valence-corrected chi connectivity index (χ1v) is 3.75. The molecule has 0 aromatic heterocycles. The molecule has 1 aromatic carbocycles. The van der Waals surface area contributed by atoms with E-state index < -0.39 is 0 Å². The number of rotatable bonds is 3. The molecule has 0 aliphatic carbocycles. The van der Waals surface area contributed by atoms with E-state index in [0.29, 0.717) is 12.4 Å². The quantitative estimate of drug-likeness (QED) is 0.418. The Kier molecular flexibility index (Phi) is 3.14. The van der Waals surface area contributed by atoms with E-state index in [0.717, 1.165) is 5.56 Å². The van der Waals surface area contributed by atoms with Crippen molar-refractivity contribution in [2.45, 2.75) is 13.5 Å². The van der Waals surface area contributed by atoms with Crippen molar-refractivity contribution in [2.75, 3.05) is 0 Å². The highest BCUT2D eigenvalue weighted by atomic mass is 16.6. The molecule has 0 fully saturated rings. The molecule has 0 unspecified atom stereocenters. The lowest BCUT2D eigenvalue weighted by Crippen LogP contribution is -2.05. The predicted octanol–water partition coefficient (Wildman–Crippen LogP) is 1.50. The van der Waals surface area contributed by atoms with E-state index in [-0.39, 0.29) is 0 Å². The van der Waals surface area contributed by atoms with Crippen LogP contribution in [0.3, 0.4) is 0 Å². The highest BCUT2D eigenvalue weighted by Crippen LogP contribution is 1.99. The van der Waals surface area contributed by atoms with Crippen LogP contribution in [0.5, 0.6) is 0 Å². The molecular weight excluding hydrogens is 152 g/mol. The smallest absolute Gasteiger partial charge is 0.142 e. The molecule has 0 saturated heterocycles. The molecule has 12 heavy (non-hydrogen) atoms. The van der Waals surface area contributed by atoms with Gasteiger partial charge in [-0.1, -0.05) is 35.5 Å². The minimum absolute atomic E-state index is 0.436. The van der Waals surface area contributed by atoms with Gasteiger partial charge in [-0.05, 0) is 12.5 Å². The van der Waals surface area contributed by atoms with Gasteiger partial charge >= 0.3 is 0 Å². The molecule has 1 rings (SSSR count). The third-order valence-corrected chi connectivity index (χ3v) is 1.28. The zero-order valence-electron chi connectivity index (χ0n) is 7.03. The summed E-state index contributed by atoms with van der Waals surface area (Å²) in [6, 6.07) is 9.82. The molecule has 0 heterocycles. The van der Waals surface area contributed by atoms with Crippen molar-refractivity contribution < 1.29 is 4.84 Å². The van der Waals surface area contributed by atoms with Crippen molar-refractivity contribution in [1.29, 1.82) is 0 Å². The normalized spacial score (nSPS) is 11.2. The first-order valence-electron chi connectivity index (χ1n) is 3.75. The van der Waals surface area contributed by atoms with Crippen molar-refractivity contribution in [1.82, 2.24) is 0 Å². The molecule has 64 valence electrons. The summed E-state index contributed by atoms with van der Waals surface area (Å²) in [6.07, 6.45) is 0. The molecule has 3 heteroatoms. The van der Waals surface area contributed by atoms with Crippen molar-refractivity contribution in [3.8, 4) is 0 Å². The van der Waals surface area contributed by atoms with Gasteiger partial charge in [-0.2, -0.15) is 0 Å². The van der Waals surface area contributed by atoms with Crippen LogP contribution in [-0.4, -0.2) is 5.84 Å². The van der Waals surface area contributed by atoms with Crippen LogP contribution in [0, 0.1) is 0 Å². The lowest BCUT2D eigenvalue weighted by molar-refractivity contribution is 0.130. The summed E-state index contributed by atoms with van der Waals surface area (Å²) in [5, 5.41) is 3.61. The standard InChI is InChI=1S/C9H12N2O/c1-8(10)11-12-7-9-5-3-2-4-6-9/h2-6H,7H2,1H3,(H2,10,11). The molecule has 0 aliphatic heterocycles. The molecule has 2 N–H and O–H groups in total. The Morgan fingerprint density at radius 2 is 2.08 bits per heavy atom. The van der Waals surface area contributed by atoms with Crippen LogP contribution in [0.1, 0.15) is 12.5 Å². The maximum Gasteiger partial charge on any atom is 0.142 e. The number of hydrogen-bond acceptors (Lipinski definition) is 2. The van der Waals surface area contributed by atoms with Crippen molar-refractivity contribution in [3.05, 3.63) is 35.9 Å². The van der Waals surface area contributed by atoms with Gasteiger partial charge < -0.3 is 10.6 Å². The summed E-state index contributed by atoms with van der Waals surface area (Å²) in [4.78, 5) is 4.94. The Hall–Kier alpha value is -1.51. The van der Waals surface area contributed by atoms with Crippen LogP contribution in [0.25, 0.3) is 0 Å². The van der Waals surface area contributed by atoms with E-state index in [1.54, 1.807) is 6.92 Å². The molecule has 1 aromatic rings. The van der Waals surface area contributed by atoms with Gasteiger partial charge in [0.15, 0.2) is 0 Å². The number of benzene rings is 1. The number of amidine groups is 1. The SMILES string of the molecule is C/C(N)=N\OCc1ccccc1. The van der Waals surface area contributed by atoms with Crippen LogP contribution in [0.4, 0.5) is 0 Å². The first kappa shape index (κ1) is 8.59. The first-order chi connectivity index (χ1) is 5.79. The highest BCUT2D eigenvalue weighted by molar-refractivity contribution is 5.76. The summed E-state index contributed by atoms with van der Waals surface area (Å²) < 4.78 is 0. The van der Waals surface area contributed by atoms with Gasteiger partial charge in [-0.3, -0.25) is 0 Å². The summed E-state index contributed by atoms with van der Waals surface area (Å²) in [6.45, 7) is 2.15. The van der Waals surface area contributed by atoms with Crippen LogP contribution in [0.15, 0.2) is 35.5 Å². The topological polar surface area (TPSA) is 47.6 Å². The van der Waals surface area contributed by atoms with E-state index in [9.17, 15) is 0 Å². The average Bonchev–Trinajstić information content (AvgIpc) is 2.05. The summed E-state index contributed by atoms with van der Waals surface area (Å²) in [7, 11) is 0. The van der Waals surface area contributed by atoms with Gasteiger partial charge in [0.2, 0.25) is 0 Å². The van der Waals surface area contributed by atoms with Crippen molar-refractivity contribution in [2.24, 2.45) is 10.9 Å². The Morgan fingerprint density at radius 3 is 2.67 bits per heavy atom. The molecule has 0 aliphatic rings. The number of hydrogen-bond donors (Lipinski definition) is 1. The summed E-state index contributed by atoms with van der Waals surface area (Å²) in [5.41, 5.74) is 6.37. The fraction of sp³-hybridized carbons (Fsp3) is 0.222. The van der Waals surface area contributed by atoms with Crippen LogP contribution in [0.2, 0.25) is 0 Å². The van der Waals surface area contributed by atoms with Crippen LogP contribution < -0.4 is 5.73 Å². The predicted molar refractivity (Wildman–Crippen MR) is 48.5 cm³/mol. The van der Waals surface area contributed by atoms with Crippen molar-refractivity contribution >= 4 is 5.84 Å². The fourth-order valence-electron chi connectivity index (χ4n) is 0.783. The van der Waals surface area contributed by atoms with E-state index in [1.165, 1.54) is 0 Å². The summed E-state index contributed by atoms with van der Waals surface area (Å²) >= 11 is 0. The second-order valence-corrected chi connectivity index (χ2v) is 2.49. The van der Waals surface area contributed by atoms with Gasteiger partial charge in [0, 0.05) is 0 Å². The van der Waals surface area contributed by atoms with E-state index in [4.69, 9.17) is 10.6 Å².